The Hall–Kier alpha value is -1.72. The van der Waals surface area contributed by atoms with Crippen molar-refractivity contribution >= 4 is 0 Å². The summed E-state index contributed by atoms with van der Waals surface area (Å²) in [5.74, 6) is 5.66. The first-order valence-corrected chi connectivity index (χ1v) is 6.71. The quantitative estimate of drug-likeness (QED) is 0.611. The van der Waals surface area contributed by atoms with Crippen LogP contribution in [0.3, 0.4) is 0 Å². The number of aryl methyl sites for hydroxylation is 2. The second-order valence-corrected chi connectivity index (χ2v) is 4.47. The monoisotopic (exact) mass is 259 g/mol. The van der Waals surface area contributed by atoms with Crippen LogP contribution in [-0.2, 0) is 19.4 Å². The smallest absolute Gasteiger partial charge is 0.0687 e. The summed E-state index contributed by atoms with van der Waals surface area (Å²) in [6, 6.07) is 8.02. The summed E-state index contributed by atoms with van der Waals surface area (Å²) in [5.41, 5.74) is 6.10. The molecule has 2 aromatic rings. The Balaban J connectivity index is 2.21. The molecule has 0 aliphatic rings. The van der Waals surface area contributed by atoms with E-state index >= 15 is 0 Å². The van der Waals surface area contributed by atoms with E-state index in [-0.39, 0.29) is 6.04 Å². The van der Waals surface area contributed by atoms with Gasteiger partial charge >= 0.3 is 0 Å². The molecule has 5 heteroatoms. The molecule has 0 saturated carbocycles. The Labute approximate surface area is 113 Å². The van der Waals surface area contributed by atoms with E-state index in [1.165, 1.54) is 5.69 Å². The minimum atomic E-state index is 0.00732. The highest BCUT2D eigenvalue weighted by molar-refractivity contribution is 5.16. The molecule has 5 nitrogen and oxygen atoms in total. The van der Waals surface area contributed by atoms with Crippen LogP contribution in [0.1, 0.15) is 37.0 Å². The minimum Gasteiger partial charge on any atom is -0.271 e. The van der Waals surface area contributed by atoms with Gasteiger partial charge in [0.05, 0.1) is 17.4 Å². The third-order valence-corrected chi connectivity index (χ3v) is 3.23. The van der Waals surface area contributed by atoms with Crippen LogP contribution >= 0.6 is 0 Å². The van der Waals surface area contributed by atoms with Crippen molar-refractivity contribution < 1.29 is 0 Å². The van der Waals surface area contributed by atoms with E-state index in [1.807, 2.05) is 22.9 Å². The number of hydrogen-bond acceptors (Lipinski definition) is 4. The first kappa shape index (κ1) is 13.7. The lowest BCUT2D eigenvalue weighted by Gasteiger charge is -2.15. The summed E-state index contributed by atoms with van der Waals surface area (Å²) in [6.45, 7) is 5.08. The molecule has 2 heterocycles. The van der Waals surface area contributed by atoms with E-state index in [0.29, 0.717) is 0 Å². The SMILES string of the molecule is CCc1cc(CC(NN)c2ccccn2)n(CC)n1. The maximum absolute atomic E-state index is 5.66. The molecule has 0 spiro atoms. The topological polar surface area (TPSA) is 68.8 Å². The van der Waals surface area contributed by atoms with E-state index in [4.69, 9.17) is 5.84 Å². The summed E-state index contributed by atoms with van der Waals surface area (Å²) in [4.78, 5) is 4.36. The Bertz CT molecular complexity index is 506. The van der Waals surface area contributed by atoms with Gasteiger partial charge in [0.15, 0.2) is 0 Å². The second kappa shape index (κ2) is 6.45. The van der Waals surface area contributed by atoms with Crippen molar-refractivity contribution in [2.75, 3.05) is 0 Å². The summed E-state index contributed by atoms with van der Waals surface area (Å²) in [6.07, 6.45) is 3.52. The van der Waals surface area contributed by atoms with E-state index in [1.54, 1.807) is 6.20 Å². The molecule has 2 rings (SSSR count). The molecule has 0 amide bonds. The van der Waals surface area contributed by atoms with Crippen LogP contribution in [-0.4, -0.2) is 14.8 Å². The third kappa shape index (κ3) is 3.19. The Morgan fingerprint density at radius 3 is 2.79 bits per heavy atom. The molecule has 102 valence electrons. The summed E-state index contributed by atoms with van der Waals surface area (Å²) in [5, 5.41) is 4.56. The molecular formula is C14H21N5. The van der Waals surface area contributed by atoms with E-state index in [9.17, 15) is 0 Å². The highest BCUT2D eigenvalue weighted by Crippen LogP contribution is 2.17. The van der Waals surface area contributed by atoms with E-state index in [0.717, 1.165) is 30.8 Å². The third-order valence-electron chi connectivity index (χ3n) is 3.23. The zero-order valence-corrected chi connectivity index (χ0v) is 11.5. The summed E-state index contributed by atoms with van der Waals surface area (Å²) < 4.78 is 2.03. The molecule has 0 aromatic carbocycles. The average molecular weight is 259 g/mol. The van der Waals surface area contributed by atoms with Gasteiger partial charge in [0.2, 0.25) is 0 Å². The minimum absolute atomic E-state index is 0.00732. The fraction of sp³-hybridized carbons (Fsp3) is 0.429. The number of pyridine rings is 1. The van der Waals surface area contributed by atoms with Gasteiger partial charge in [-0.1, -0.05) is 13.0 Å². The first-order chi connectivity index (χ1) is 9.28. The number of nitrogens with one attached hydrogen (secondary N) is 1. The van der Waals surface area contributed by atoms with Gasteiger partial charge in [0.1, 0.15) is 0 Å². The van der Waals surface area contributed by atoms with Crippen LogP contribution in [0, 0.1) is 0 Å². The van der Waals surface area contributed by atoms with Crippen molar-refractivity contribution in [1.82, 2.24) is 20.2 Å². The highest BCUT2D eigenvalue weighted by Gasteiger charge is 2.15. The lowest BCUT2D eigenvalue weighted by atomic mass is 10.1. The molecule has 0 fully saturated rings. The largest absolute Gasteiger partial charge is 0.271 e. The molecule has 2 aromatic heterocycles. The van der Waals surface area contributed by atoms with Crippen molar-refractivity contribution in [3.63, 3.8) is 0 Å². The fourth-order valence-electron chi connectivity index (χ4n) is 2.17. The first-order valence-electron chi connectivity index (χ1n) is 6.71. The van der Waals surface area contributed by atoms with E-state index < -0.39 is 0 Å². The zero-order valence-electron chi connectivity index (χ0n) is 11.5. The van der Waals surface area contributed by atoms with Gasteiger partial charge in [-0.2, -0.15) is 5.10 Å². The van der Waals surface area contributed by atoms with Crippen LogP contribution in [0.2, 0.25) is 0 Å². The van der Waals surface area contributed by atoms with Gasteiger partial charge in [-0.25, -0.2) is 0 Å². The maximum atomic E-state index is 5.66. The normalized spacial score (nSPS) is 12.6. The maximum Gasteiger partial charge on any atom is 0.0687 e. The second-order valence-electron chi connectivity index (χ2n) is 4.47. The number of aromatic nitrogens is 3. The molecule has 1 atom stereocenters. The van der Waals surface area contributed by atoms with Crippen molar-refractivity contribution in [3.8, 4) is 0 Å². The zero-order chi connectivity index (χ0) is 13.7. The number of nitrogens with two attached hydrogens (primary N) is 1. The molecular weight excluding hydrogens is 238 g/mol. The van der Waals surface area contributed by atoms with Gasteiger partial charge in [-0.3, -0.25) is 20.9 Å². The van der Waals surface area contributed by atoms with Crippen molar-refractivity contribution in [1.29, 1.82) is 0 Å². The average Bonchev–Trinajstić information content (AvgIpc) is 2.87. The fourth-order valence-corrected chi connectivity index (χ4v) is 2.17. The number of hydrazine groups is 1. The molecule has 0 bridgehead atoms. The molecule has 0 saturated heterocycles. The van der Waals surface area contributed by atoms with E-state index in [2.05, 4.69) is 35.4 Å². The van der Waals surface area contributed by atoms with Crippen LogP contribution in [0.25, 0.3) is 0 Å². The lowest BCUT2D eigenvalue weighted by molar-refractivity contribution is 0.507. The van der Waals surface area contributed by atoms with Crippen LogP contribution < -0.4 is 11.3 Å². The predicted octanol–water partition coefficient (Wildman–Crippen LogP) is 1.61. The van der Waals surface area contributed by atoms with Gasteiger partial charge < -0.3 is 0 Å². The molecule has 0 radical (unpaired) electrons. The van der Waals surface area contributed by atoms with Gasteiger partial charge in [0, 0.05) is 24.9 Å². The molecule has 3 N–H and O–H groups in total. The Morgan fingerprint density at radius 1 is 1.37 bits per heavy atom. The molecule has 0 aliphatic heterocycles. The Morgan fingerprint density at radius 2 is 2.21 bits per heavy atom. The Kier molecular flexibility index (Phi) is 4.65. The number of hydrogen-bond donors (Lipinski definition) is 2. The summed E-state index contributed by atoms with van der Waals surface area (Å²) in [7, 11) is 0. The van der Waals surface area contributed by atoms with Crippen LogP contribution in [0.5, 0.6) is 0 Å². The van der Waals surface area contributed by atoms with Gasteiger partial charge in [-0.15, -0.1) is 0 Å². The molecule has 19 heavy (non-hydrogen) atoms. The molecule has 0 aliphatic carbocycles. The van der Waals surface area contributed by atoms with Crippen molar-refractivity contribution in [2.24, 2.45) is 5.84 Å². The van der Waals surface area contributed by atoms with Crippen LogP contribution in [0.4, 0.5) is 0 Å². The number of rotatable bonds is 6. The van der Waals surface area contributed by atoms with Gasteiger partial charge in [-0.05, 0) is 31.5 Å². The van der Waals surface area contributed by atoms with Crippen molar-refractivity contribution in [2.45, 2.75) is 39.3 Å². The standard InChI is InChI=1S/C14H21N5/c1-3-11-9-12(19(4-2)18-11)10-14(17-15)13-7-5-6-8-16-13/h5-9,14,17H,3-4,10,15H2,1-2H3. The van der Waals surface area contributed by atoms with Crippen molar-refractivity contribution in [3.05, 3.63) is 47.5 Å². The molecule has 1 unspecified atom stereocenters. The van der Waals surface area contributed by atoms with Crippen LogP contribution in [0.15, 0.2) is 30.5 Å². The predicted molar refractivity (Wildman–Crippen MR) is 75.3 cm³/mol. The highest BCUT2D eigenvalue weighted by atomic mass is 15.3. The number of nitrogens with zero attached hydrogens (tertiary/aromatic N) is 3. The lowest BCUT2D eigenvalue weighted by Crippen LogP contribution is -2.30. The summed E-state index contributed by atoms with van der Waals surface area (Å²) >= 11 is 0. The van der Waals surface area contributed by atoms with Gasteiger partial charge in [0.25, 0.3) is 0 Å².